The molecule has 11 heteroatoms. The van der Waals surface area contributed by atoms with Gasteiger partial charge in [0.1, 0.15) is 5.60 Å². The maximum Gasteiger partial charge on any atom is 1.00 e. The molecule has 6 aliphatic rings. The van der Waals surface area contributed by atoms with Crippen molar-refractivity contribution in [2.45, 2.75) is 89.4 Å². The number of epoxide rings is 1. The molecule has 35 heavy (non-hydrogen) atoms. The van der Waals surface area contributed by atoms with E-state index in [1.165, 1.54) is 12.0 Å². The average molecular weight is 612 g/mol. The van der Waals surface area contributed by atoms with Crippen LogP contribution in [0.5, 0.6) is 0 Å². The van der Waals surface area contributed by atoms with Gasteiger partial charge >= 0.3 is 51.4 Å². The first-order valence-electron chi connectivity index (χ1n) is 11.5. The van der Waals surface area contributed by atoms with Crippen molar-refractivity contribution < 1.29 is 75.9 Å². The van der Waals surface area contributed by atoms with Crippen LogP contribution in [0.3, 0.4) is 0 Å². The van der Waals surface area contributed by atoms with Crippen molar-refractivity contribution in [2.24, 2.45) is 34.5 Å². The minimum Gasteiger partial charge on any atom is -0.483 e. The van der Waals surface area contributed by atoms with E-state index in [0.29, 0.717) is 42.0 Å². The number of ketones is 1. The van der Waals surface area contributed by atoms with Crippen molar-refractivity contribution in [3.63, 3.8) is 0 Å². The maximum atomic E-state index is 12.1. The van der Waals surface area contributed by atoms with Gasteiger partial charge in [-0.3, -0.25) is 9.59 Å². The smallest absolute Gasteiger partial charge is 0.483 e. The van der Waals surface area contributed by atoms with E-state index < -0.39 is 5.60 Å². The first-order chi connectivity index (χ1) is 13.7. The fourth-order valence-electron chi connectivity index (χ4n) is 8.76. The molecule has 1 aliphatic heterocycles. The van der Waals surface area contributed by atoms with Crippen molar-refractivity contribution in [1.82, 2.24) is 0 Å². The molecule has 0 bridgehead atoms. The Hall–Kier alpha value is 2.19. The van der Waals surface area contributed by atoms with Gasteiger partial charge in [0.05, 0.1) is 11.7 Å². The molecule has 5 nitrogen and oxygen atoms in total. The van der Waals surface area contributed by atoms with E-state index in [9.17, 15) is 9.90 Å². The normalized spacial score (nSPS) is 46.1. The maximum absolute atomic E-state index is 12.1. The number of rotatable bonds is 2. The number of ether oxygens (including phenoxy) is 1. The van der Waals surface area contributed by atoms with Gasteiger partial charge in [-0.15, -0.1) is 0 Å². The molecular weight excluding hydrogens is 568 g/mol. The molecule has 4 saturated carbocycles. The van der Waals surface area contributed by atoms with Crippen LogP contribution in [-0.2, 0) is 14.3 Å². The summed E-state index contributed by atoms with van der Waals surface area (Å²) in [6.07, 6.45) is 10.3. The Morgan fingerprint density at radius 3 is 2.31 bits per heavy atom. The van der Waals surface area contributed by atoms with Gasteiger partial charge in [-0.1, -0.05) is 32.8 Å². The summed E-state index contributed by atoms with van der Waals surface area (Å²) in [5.41, 5.74) is 0.963. The fourth-order valence-corrected chi connectivity index (χ4v) is 8.76. The van der Waals surface area contributed by atoms with Crippen molar-refractivity contribution in [3.05, 3.63) is 11.6 Å². The summed E-state index contributed by atoms with van der Waals surface area (Å²) in [6, 6.07) is 0. The van der Waals surface area contributed by atoms with E-state index in [2.05, 4.69) is 20.8 Å². The largest absolute Gasteiger partial charge is 1.00 e. The van der Waals surface area contributed by atoms with Gasteiger partial charge in [-0.25, -0.2) is 0 Å². The molecule has 5 fully saturated rings. The number of carbonyl (C=O) groups is 2. The van der Waals surface area contributed by atoms with Crippen molar-refractivity contribution in [2.75, 3.05) is 0 Å². The van der Waals surface area contributed by atoms with Crippen LogP contribution in [0.4, 0.5) is 0 Å². The minimum atomic E-state index is -0.505. The zero-order valence-electron chi connectivity index (χ0n) is 21.3. The molecule has 5 aliphatic carbocycles. The molecule has 1 heterocycles. The zero-order valence-corrected chi connectivity index (χ0v) is 29.4. The van der Waals surface area contributed by atoms with Crippen LogP contribution in [-0.4, -0.2) is 39.8 Å². The van der Waals surface area contributed by atoms with E-state index in [1.807, 2.05) is 6.08 Å². The van der Waals surface area contributed by atoms with Gasteiger partial charge < -0.3 is 14.9 Å². The quantitative estimate of drug-likeness (QED) is 0.279. The second-order valence-electron chi connectivity index (χ2n) is 11.0. The van der Waals surface area contributed by atoms with Crippen LogP contribution in [0, 0.1) is 34.5 Å². The summed E-state index contributed by atoms with van der Waals surface area (Å²) in [5, 5.41) is 18.5. The molecule has 200 valence electrons. The van der Waals surface area contributed by atoms with E-state index in [4.69, 9.17) is 14.6 Å². The van der Waals surface area contributed by atoms with E-state index in [0.717, 1.165) is 38.5 Å². The van der Waals surface area contributed by atoms with Gasteiger partial charge in [0.15, 0.2) is 5.78 Å². The summed E-state index contributed by atoms with van der Waals surface area (Å²) < 4.78 is 6.68. The van der Waals surface area contributed by atoms with Crippen LogP contribution in [0.25, 0.3) is 0 Å². The third-order valence-electron chi connectivity index (χ3n) is 10.1. The third-order valence-corrected chi connectivity index (χ3v) is 10.1. The number of carbonyl (C=O) groups excluding carboxylic acids is 1. The summed E-state index contributed by atoms with van der Waals surface area (Å²) in [6.45, 7) is 6.73. The monoisotopic (exact) mass is 611 g/mol. The fraction of sp³-hybridized carbons (Fsp3) is 0.833. The van der Waals surface area contributed by atoms with Crippen LogP contribution < -0.4 is 51.4 Å². The number of hydrogen-bond donors (Lipinski definition) is 2. The van der Waals surface area contributed by atoms with Gasteiger partial charge in [-0.2, -0.15) is 67.5 Å². The summed E-state index contributed by atoms with van der Waals surface area (Å²) >= 11 is 0. The number of fused-ring (bicyclic) bond motifs is 6. The topological polar surface area (TPSA) is 87.1 Å². The molecule has 2 N–H and O–H groups in total. The molecule has 0 radical (unpaired) electrons. The third kappa shape index (κ3) is 5.20. The van der Waals surface area contributed by atoms with E-state index >= 15 is 0 Å². The van der Waals surface area contributed by atoms with E-state index in [-0.39, 0.29) is 142 Å². The Morgan fingerprint density at radius 2 is 1.74 bits per heavy atom. The Kier molecular flexibility index (Phi) is 14.9. The second kappa shape index (κ2) is 13.2. The Labute approximate surface area is 287 Å². The summed E-state index contributed by atoms with van der Waals surface area (Å²) in [5.74, 6) is 2.82. The Bertz CT molecular complexity index is 817. The first-order valence-corrected chi connectivity index (χ1v) is 11.5. The molecule has 0 amide bonds. The standard InChI is InChI=1S/C23H32O3.CH2O2.K.5H2S/c1-4-7-22(25)9-6-16-19-15-11-14(15)17-10-13(24)5-8-20(17,2)23(19)18(26-23)12-21(16,22)3;2-1-3;;;;;;/h10,14-16,18-19,25H,4-9,11-12H2,1-3H3;1H,(H,2,3);;5*1H2/q;;+1;;;;;/t14-,15+,16+,18-,19+,20+,21+,22+,23-;;;;;;;/m1......./s1. The van der Waals surface area contributed by atoms with E-state index in [1.54, 1.807) is 0 Å². The Morgan fingerprint density at radius 1 is 1.14 bits per heavy atom. The number of carboxylic acid groups (broad SMARTS) is 1. The zero-order chi connectivity index (χ0) is 20.8. The summed E-state index contributed by atoms with van der Waals surface area (Å²) in [4.78, 5) is 20.5. The predicted molar refractivity (Wildman–Crippen MR) is 159 cm³/mol. The molecular formula is C24H44KO5S5+. The average Bonchev–Trinajstić information content (AvgIpc) is 3.55. The molecule has 0 aromatic rings. The SMILES string of the molecule is CCC[C@]1(O)CC[C@H]2[C@@H]3[C@H]4C[C@H]4C4=CC(=O)CC[C@]4(C)[C@]34O[C@@H]4C[C@@]21C.O=CO.S.S.S.S.S.[K+]. The van der Waals surface area contributed by atoms with Crippen LogP contribution in [0.2, 0.25) is 0 Å². The summed E-state index contributed by atoms with van der Waals surface area (Å²) in [7, 11) is 0. The first kappa shape index (κ1) is 39.3. The Balaban J connectivity index is 0. The van der Waals surface area contributed by atoms with Gasteiger partial charge in [-0.05, 0) is 68.3 Å². The van der Waals surface area contributed by atoms with Crippen LogP contribution in [0.15, 0.2) is 11.6 Å². The molecule has 1 saturated heterocycles. The van der Waals surface area contributed by atoms with Crippen LogP contribution >= 0.6 is 67.5 Å². The van der Waals surface area contributed by atoms with Crippen LogP contribution in [0.1, 0.15) is 72.1 Å². The number of hydrogen-bond acceptors (Lipinski definition) is 4. The minimum absolute atomic E-state index is 0. The second-order valence-corrected chi connectivity index (χ2v) is 11.0. The molecule has 0 unspecified atom stereocenters. The molecule has 0 aromatic heterocycles. The van der Waals surface area contributed by atoms with Crippen molar-refractivity contribution in [1.29, 1.82) is 0 Å². The van der Waals surface area contributed by atoms with Gasteiger partial charge in [0, 0.05) is 17.3 Å². The predicted octanol–water partition coefficient (Wildman–Crippen LogP) is 1.31. The molecule has 1 spiro atoms. The van der Waals surface area contributed by atoms with Crippen molar-refractivity contribution in [3.8, 4) is 0 Å². The molecule has 9 atom stereocenters. The molecule has 0 aromatic carbocycles. The van der Waals surface area contributed by atoms with Gasteiger partial charge in [0.2, 0.25) is 0 Å². The number of aliphatic hydroxyl groups is 1. The van der Waals surface area contributed by atoms with Crippen molar-refractivity contribution >= 4 is 79.7 Å². The molecule has 6 rings (SSSR count). The van der Waals surface area contributed by atoms with Gasteiger partial charge in [0.25, 0.3) is 6.47 Å².